The van der Waals surface area contributed by atoms with Gasteiger partial charge < -0.3 is 10.3 Å². The van der Waals surface area contributed by atoms with Crippen LogP contribution in [0.25, 0.3) is 0 Å². The molecule has 1 saturated carbocycles. The molecule has 1 aliphatic rings. The van der Waals surface area contributed by atoms with Gasteiger partial charge in [0, 0.05) is 12.5 Å². The molecule has 1 fully saturated rings. The van der Waals surface area contributed by atoms with E-state index in [-0.39, 0.29) is 0 Å². The molecule has 0 amide bonds. The molecule has 1 atom stereocenters. The van der Waals surface area contributed by atoms with Crippen molar-refractivity contribution in [1.29, 1.82) is 0 Å². The topological polar surface area (TPSA) is 56.7 Å². The van der Waals surface area contributed by atoms with E-state index in [4.69, 9.17) is 5.73 Å². The summed E-state index contributed by atoms with van der Waals surface area (Å²) in [5.41, 5.74) is 5.61. The lowest BCUT2D eigenvalue weighted by Gasteiger charge is -2.09. The first-order valence-electron chi connectivity index (χ1n) is 5.82. The Labute approximate surface area is 90.9 Å². The Hall–Kier alpha value is -0.900. The van der Waals surface area contributed by atoms with E-state index in [1.807, 2.05) is 6.92 Å². The van der Waals surface area contributed by atoms with E-state index in [1.54, 1.807) is 0 Å². The molecule has 1 aromatic heterocycles. The highest BCUT2D eigenvalue weighted by Gasteiger charge is 2.27. The lowest BCUT2D eigenvalue weighted by Crippen LogP contribution is -2.13. The van der Waals surface area contributed by atoms with Gasteiger partial charge >= 0.3 is 0 Å². The summed E-state index contributed by atoms with van der Waals surface area (Å²) in [4.78, 5) is 0. The van der Waals surface area contributed by atoms with Gasteiger partial charge in [0.1, 0.15) is 11.6 Å². The van der Waals surface area contributed by atoms with Crippen LogP contribution in [0, 0.1) is 12.8 Å². The van der Waals surface area contributed by atoms with Gasteiger partial charge in [0.25, 0.3) is 0 Å². The fraction of sp³-hybridized carbons (Fsp3) is 0.818. The average Bonchev–Trinajstić information content (AvgIpc) is 3.00. The first-order chi connectivity index (χ1) is 7.22. The molecule has 0 saturated heterocycles. The molecule has 0 bridgehead atoms. The minimum absolute atomic E-state index is 0.578. The van der Waals surface area contributed by atoms with Crippen LogP contribution in [-0.4, -0.2) is 21.3 Å². The Morgan fingerprint density at radius 2 is 2.20 bits per heavy atom. The molecule has 2 rings (SSSR count). The van der Waals surface area contributed by atoms with E-state index in [2.05, 4.69) is 21.7 Å². The second-order valence-corrected chi connectivity index (χ2v) is 4.64. The Morgan fingerprint density at radius 1 is 1.47 bits per heavy atom. The van der Waals surface area contributed by atoms with Gasteiger partial charge in [0.2, 0.25) is 0 Å². The first-order valence-corrected chi connectivity index (χ1v) is 5.82. The third-order valence-corrected chi connectivity index (χ3v) is 3.11. The van der Waals surface area contributed by atoms with Crippen LogP contribution in [-0.2, 0) is 6.42 Å². The largest absolute Gasteiger partial charge is 0.330 e. The maximum Gasteiger partial charge on any atom is 0.133 e. The molecular formula is C11H20N4. The standard InChI is InChI=1S/C11H20N4/c1-8(7-12)3-6-11-14-13-9(2)15(11)10-4-5-10/h8,10H,3-7,12H2,1-2H3. The molecule has 0 aliphatic heterocycles. The summed E-state index contributed by atoms with van der Waals surface area (Å²) in [6.07, 6.45) is 4.70. The summed E-state index contributed by atoms with van der Waals surface area (Å²) in [6.45, 7) is 4.99. The van der Waals surface area contributed by atoms with Gasteiger partial charge in [-0.1, -0.05) is 6.92 Å². The molecule has 0 radical (unpaired) electrons. The summed E-state index contributed by atoms with van der Waals surface area (Å²) in [5.74, 6) is 2.79. The number of rotatable bonds is 5. The van der Waals surface area contributed by atoms with E-state index in [0.29, 0.717) is 12.0 Å². The lowest BCUT2D eigenvalue weighted by atomic mass is 10.1. The normalized spacial score (nSPS) is 18.1. The Balaban J connectivity index is 2.01. The molecule has 15 heavy (non-hydrogen) atoms. The highest BCUT2D eigenvalue weighted by Crippen LogP contribution is 2.36. The summed E-state index contributed by atoms with van der Waals surface area (Å²) in [5, 5.41) is 8.42. The zero-order valence-corrected chi connectivity index (χ0v) is 9.61. The zero-order chi connectivity index (χ0) is 10.8. The molecule has 4 heteroatoms. The highest BCUT2D eigenvalue weighted by atomic mass is 15.3. The van der Waals surface area contributed by atoms with E-state index < -0.39 is 0 Å². The third kappa shape index (κ3) is 2.37. The quantitative estimate of drug-likeness (QED) is 0.796. The fourth-order valence-electron chi connectivity index (χ4n) is 1.88. The number of hydrogen-bond donors (Lipinski definition) is 1. The second-order valence-electron chi connectivity index (χ2n) is 4.64. The Bertz CT molecular complexity index is 327. The van der Waals surface area contributed by atoms with Gasteiger partial charge in [-0.3, -0.25) is 0 Å². The van der Waals surface area contributed by atoms with Crippen LogP contribution in [0.2, 0.25) is 0 Å². The predicted molar refractivity (Wildman–Crippen MR) is 59.6 cm³/mol. The number of nitrogens with zero attached hydrogens (tertiary/aromatic N) is 3. The van der Waals surface area contributed by atoms with Crippen LogP contribution in [0.5, 0.6) is 0 Å². The SMILES string of the molecule is Cc1nnc(CCC(C)CN)n1C1CC1. The minimum Gasteiger partial charge on any atom is -0.330 e. The van der Waals surface area contributed by atoms with Crippen molar-refractivity contribution in [3.63, 3.8) is 0 Å². The van der Waals surface area contributed by atoms with Crippen LogP contribution in [0.4, 0.5) is 0 Å². The van der Waals surface area contributed by atoms with Crippen molar-refractivity contribution in [3.8, 4) is 0 Å². The van der Waals surface area contributed by atoms with Crippen LogP contribution >= 0.6 is 0 Å². The molecule has 84 valence electrons. The fourth-order valence-corrected chi connectivity index (χ4v) is 1.88. The summed E-state index contributed by atoms with van der Waals surface area (Å²) in [7, 11) is 0. The van der Waals surface area contributed by atoms with Crippen molar-refractivity contribution < 1.29 is 0 Å². The van der Waals surface area contributed by atoms with Crippen molar-refractivity contribution in [1.82, 2.24) is 14.8 Å². The second kappa shape index (κ2) is 4.31. The van der Waals surface area contributed by atoms with Crippen LogP contribution in [0.15, 0.2) is 0 Å². The molecule has 1 unspecified atom stereocenters. The van der Waals surface area contributed by atoms with Crippen molar-refractivity contribution in [2.45, 2.75) is 45.6 Å². The van der Waals surface area contributed by atoms with Gasteiger partial charge in [-0.25, -0.2) is 0 Å². The van der Waals surface area contributed by atoms with Crippen molar-refractivity contribution in [3.05, 3.63) is 11.6 Å². The highest BCUT2D eigenvalue weighted by molar-refractivity contribution is 5.01. The van der Waals surface area contributed by atoms with Crippen LogP contribution in [0.1, 0.15) is 43.9 Å². The number of nitrogens with two attached hydrogens (primary N) is 1. The molecule has 1 aromatic rings. The molecule has 0 spiro atoms. The monoisotopic (exact) mass is 208 g/mol. The zero-order valence-electron chi connectivity index (χ0n) is 9.61. The van der Waals surface area contributed by atoms with E-state index >= 15 is 0 Å². The third-order valence-electron chi connectivity index (χ3n) is 3.11. The molecule has 1 aliphatic carbocycles. The van der Waals surface area contributed by atoms with Gasteiger partial charge in [-0.05, 0) is 38.6 Å². The molecule has 0 aromatic carbocycles. The smallest absolute Gasteiger partial charge is 0.133 e. The minimum atomic E-state index is 0.578. The van der Waals surface area contributed by atoms with E-state index in [0.717, 1.165) is 31.0 Å². The van der Waals surface area contributed by atoms with E-state index in [1.165, 1.54) is 12.8 Å². The Morgan fingerprint density at radius 3 is 2.80 bits per heavy atom. The average molecular weight is 208 g/mol. The van der Waals surface area contributed by atoms with Gasteiger partial charge in [0.15, 0.2) is 0 Å². The molecular weight excluding hydrogens is 188 g/mol. The maximum atomic E-state index is 5.61. The van der Waals surface area contributed by atoms with Gasteiger partial charge in [-0.15, -0.1) is 10.2 Å². The van der Waals surface area contributed by atoms with Crippen molar-refractivity contribution >= 4 is 0 Å². The van der Waals surface area contributed by atoms with Crippen molar-refractivity contribution in [2.75, 3.05) is 6.54 Å². The molecule has 2 N–H and O–H groups in total. The summed E-state index contributed by atoms with van der Waals surface area (Å²) < 4.78 is 2.31. The predicted octanol–water partition coefficient (Wildman–Crippen LogP) is 1.45. The Kier molecular flexibility index (Phi) is 3.05. The summed E-state index contributed by atoms with van der Waals surface area (Å²) >= 11 is 0. The lowest BCUT2D eigenvalue weighted by molar-refractivity contribution is 0.522. The molecule has 4 nitrogen and oxygen atoms in total. The van der Waals surface area contributed by atoms with E-state index in [9.17, 15) is 0 Å². The van der Waals surface area contributed by atoms with Crippen LogP contribution in [0.3, 0.4) is 0 Å². The number of aromatic nitrogens is 3. The van der Waals surface area contributed by atoms with Crippen LogP contribution < -0.4 is 5.73 Å². The number of aryl methyl sites for hydroxylation is 2. The van der Waals surface area contributed by atoms with Gasteiger partial charge in [0.05, 0.1) is 0 Å². The van der Waals surface area contributed by atoms with Crippen molar-refractivity contribution in [2.24, 2.45) is 11.7 Å². The first kappa shape index (κ1) is 10.6. The number of hydrogen-bond acceptors (Lipinski definition) is 3. The maximum absolute atomic E-state index is 5.61. The summed E-state index contributed by atoms with van der Waals surface area (Å²) in [6, 6.07) is 0.684. The van der Waals surface area contributed by atoms with Gasteiger partial charge in [-0.2, -0.15) is 0 Å². The molecule has 1 heterocycles.